The van der Waals surface area contributed by atoms with Gasteiger partial charge in [0.15, 0.2) is 5.78 Å². The van der Waals surface area contributed by atoms with Gasteiger partial charge >= 0.3 is 0 Å². The van der Waals surface area contributed by atoms with Gasteiger partial charge in [-0.2, -0.15) is 0 Å². The molecule has 0 N–H and O–H groups in total. The van der Waals surface area contributed by atoms with Gasteiger partial charge in [-0.3, -0.25) is 4.79 Å². The second-order valence-corrected chi connectivity index (χ2v) is 4.39. The normalized spacial score (nSPS) is 10.2. The topological polar surface area (TPSA) is 17.1 Å². The lowest BCUT2D eigenvalue weighted by Gasteiger charge is -2.04. The van der Waals surface area contributed by atoms with Crippen molar-refractivity contribution in [3.05, 3.63) is 65.5 Å². The van der Waals surface area contributed by atoms with Crippen LogP contribution >= 0.6 is 11.8 Å². The molecule has 0 unspecified atom stereocenters. The average molecular weight is 246 g/mol. The van der Waals surface area contributed by atoms with Crippen molar-refractivity contribution in [3.63, 3.8) is 0 Å². The third-order valence-electron chi connectivity index (χ3n) is 2.45. The van der Waals surface area contributed by atoms with E-state index in [1.165, 1.54) is 23.9 Å². The fourth-order valence-electron chi connectivity index (χ4n) is 1.56. The summed E-state index contributed by atoms with van der Waals surface area (Å²) in [5.41, 5.74) is 1.13. The summed E-state index contributed by atoms with van der Waals surface area (Å²) in [6.45, 7) is 0. The van der Waals surface area contributed by atoms with E-state index in [1.54, 1.807) is 24.5 Å². The highest BCUT2D eigenvalue weighted by Gasteiger charge is 2.10. The number of thioether (sulfide) groups is 1. The van der Waals surface area contributed by atoms with Crippen LogP contribution in [0.4, 0.5) is 4.39 Å². The second-order valence-electron chi connectivity index (χ2n) is 3.54. The first-order valence-corrected chi connectivity index (χ1v) is 6.38. The Labute approximate surface area is 104 Å². The molecule has 0 atom stereocenters. The molecule has 0 spiro atoms. The zero-order chi connectivity index (χ0) is 12.3. The number of halogens is 1. The summed E-state index contributed by atoms with van der Waals surface area (Å²) >= 11 is 1.29. The third kappa shape index (κ3) is 2.56. The molecule has 0 radical (unpaired) electrons. The quantitative estimate of drug-likeness (QED) is 0.605. The van der Waals surface area contributed by atoms with E-state index in [-0.39, 0.29) is 11.6 Å². The van der Waals surface area contributed by atoms with Crippen molar-refractivity contribution in [1.82, 2.24) is 0 Å². The number of benzene rings is 2. The van der Waals surface area contributed by atoms with Crippen molar-refractivity contribution in [2.45, 2.75) is 4.90 Å². The van der Waals surface area contributed by atoms with Crippen LogP contribution in [0.5, 0.6) is 0 Å². The molecule has 0 aliphatic rings. The van der Waals surface area contributed by atoms with E-state index in [1.807, 2.05) is 18.2 Å². The SMILES string of the molecule is CSc1cc(C(=O)c2ccccc2)ccc1F. The van der Waals surface area contributed by atoms with Crippen LogP contribution in [0.2, 0.25) is 0 Å². The highest BCUT2D eigenvalue weighted by Crippen LogP contribution is 2.21. The van der Waals surface area contributed by atoms with E-state index in [9.17, 15) is 9.18 Å². The first-order chi connectivity index (χ1) is 8.22. The monoisotopic (exact) mass is 246 g/mol. The summed E-state index contributed by atoms with van der Waals surface area (Å²) < 4.78 is 13.3. The zero-order valence-electron chi connectivity index (χ0n) is 9.31. The van der Waals surface area contributed by atoms with Crippen LogP contribution < -0.4 is 0 Å². The van der Waals surface area contributed by atoms with Gasteiger partial charge in [0.05, 0.1) is 0 Å². The molecule has 0 saturated heterocycles. The van der Waals surface area contributed by atoms with Crippen LogP contribution in [0.1, 0.15) is 15.9 Å². The number of ketones is 1. The largest absolute Gasteiger partial charge is 0.289 e. The molecule has 1 nitrogen and oxygen atoms in total. The molecule has 0 heterocycles. The predicted octanol–water partition coefficient (Wildman–Crippen LogP) is 3.78. The molecular weight excluding hydrogens is 235 g/mol. The minimum atomic E-state index is -0.290. The Morgan fingerprint density at radius 1 is 1.06 bits per heavy atom. The lowest BCUT2D eigenvalue weighted by atomic mass is 10.0. The van der Waals surface area contributed by atoms with Crippen LogP contribution in [0.3, 0.4) is 0 Å². The molecule has 0 aliphatic carbocycles. The molecule has 3 heteroatoms. The van der Waals surface area contributed by atoms with E-state index in [0.717, 1.165) is 0 Å². The van der Waals surface area contributed by atoms with Gasteiger partial charge in [0.1, 0.15) is 5.82 Å². The van der Waals surface area contributed by atoms with E-state index >= 15 is 0 Å². The zero-order valence-corrected chi connectivity index (χ0v) is 10.1. The predicted molar refractivity (Wildman–Crippen MR) is 68.1 cm³/mol. The number of rotatable bonds is 3. The number of hydrogen-bond acceptors (Lipinski definition) is 2. The highest BCUT2D eigenvalue weighted by molar-refractivity contribution is 7.98. The fourth-order valence-corrected chi connectivity index (χ4v) is 2.07. The van der Waals surface area contributed by atoms with E-state index in [4.69, 9.17) is 0 Å². The van der Waals surface area contributed by atoms with Gasteiger partial charge in [-0.25, -0.2) is 4.39 Å². The van der Waals surface area contributed by atoms with Crippen LogP contribution in [0.15, 0.2) is 53.4 Å². The highest BCUT2D eigenvalue weighted by atomic mass is 32.2. The standard InChI is InChI=1S/C14H11FOS/c1-17-13-9-11(7-8-12(13)15)14(16)10-5-3-2-4-6-10/h2-9H,1H3. The van der Waals surface area contributed by atoms with E-state index < -0.39 is 0 Å². The summed E-state index contributed by atoms with van der Waals surface area (Å²) in [6.07, 6.45) is 1.79. The molecular formula is C14H11FOS. The van der Waals surface area contributed by atoms with Crippen LogP contribution in [-0.2, 0) is 0 Å². The van der Waals surface area contributed by atoms with E-state index in [0.29, 0.717) is 16.0 Å². The lowest BCUT2D eigenvalue weighted by molar-refractivity contribution is 0.103. The van der Waals surface area contributed by atoms with Crippen LogP contribution in [0, 0.1) is 5.82 Å². The molecule has 0 fully saturated rings. The molecule has 0 aliphatic heterocycles. The van der Waals surface area contributed by atoms with Crippen molar-refractivity contribution >= 4 is 17.5 Å². The number of carbonyl (C=O) groups excluding carboxylic acids is 1. The van der Waals surface area contributed by atoms with Gasteiger partial charge in [-0.1, -0.05) is 30.3 Å². The maximum Gasteiger partial charge on any atom is 0.193 e. The van der Waals surface area contributed by atoms with Gasteiger partial charge < -0.3 is 0 Å². The Bertz CT molecular complexity index is 537. The first kappa shape index (κ1) is 11.9. The van der Waals surface area contributed by atoms with Gasteiger partial charge in [-0.15, -0.1) is 11.8 Å². The third-order valence-corrected chi connectivity index (χ3v) is 3.20. The molecule has 2 aromatic rings. The molecule has 0 amide bonds. The Balaban J connectivity index is 2.38. The molecule has 86 valence electrons. The summed E-state index contributed by atoms with van der Waals surface area (Å²) in [5.74, 6) is -0.372. The molecule has 17 heavy (non-hydrogen) atoms. The molecule has 0 aromatic heterocycles. The average Bonchev–Trinajstić information content (AvgIpc) is 2.39. The van der Waals surface area contributed by atoms with Gasteiger partial charge in [-0.05, 0) is 24.5 Å². The maximum absolute atomic E-state index is 13.3. The van der Waals surface area contributed by atoms with Gasteiger partial charge in [0, 0.05) is 16.0 Å². The second kappa shape index (κ2) is 5.15. The van der Waals surface area contributed by atoms with Crippen LogP contribution in [0.25, 0.3) is 0 Å². The lowest BCUT2D eigenvalue weighted by Crippen LogP contribution is -2.01. The Morgan fingerprint density at radius 3 is 2.41 bits per heavy atom. The minimum absolute atomic E-state index is 0.0825. The van der Waals surface area contributed by atoms with Crippen molar-refractivity contribution in [1.29, 1.82) is 0 Å². The summed E-state index contributed by atoms with van der Waals surface area (Å²) in [6, 6.07) is 13.4. The summed E-state index contributed by atoms with van der Waals surface area (Å²) in [4.78, 5) is 12.6. The summed E-state index contributed by atoms with van der Waals surface area (Å²) in [5, 5.41) is 0. The van der Waals surface area contributed by atoms with Crippen LogP contribution in [-0.4, -0.2) is 12.0 Å². The molecule has 2 rings (SSSR count). The molecule has 0 saturated carbocycles. The van der Waals surface area contributed by atoms with Gasteiger partial charge in [0.25, 0.3) is 0 Å². The molecule has 2 aromatic carbocycles. The smallest absolute Gasteiger partial charge is 0.193 e. The van der Waals surface area contributed by atoms with Crippen molar-refractivity contribution in [2.75, 3.05) is 6.26 Å². The maximum atomic E-state index is 13.3. The Morgan fingerprint density at radius 2 is 1.76 bits per heavy atom. The Kier molecular flexibility index (Phi) is 3.59. The van der Waals surface area contributed by atoms with Crippen molar-refractivity contribution in [2.24, 2.45) is 0 Å². The first-order valence-electron chi connectivity index (χ1n) is 5.15. The van der Waals surface area contributed by atoms with Gasteiger partial charge in [0.2, 0.25) is 0 Å². The number of hydrogen-bond donors (Lipinski definition) is 0. The fraction of sp³-hybridized carbons (Fsp3) is 0.0714. The van der Waals surface area contributed by atoms with E-state index in [2.05, 4.69) is 0 Å². The Hall–Kier alpha value is -1.61. The number of carbonyl (C=O) groups is 1. The summed E-state index contributed by atoms with van der Waals surface area (Å²) in [7, 11) is 0. The van der Waals surface area contributed by atoms with Crippen molar-refractivity contribution in [3.8, 4) is 0 Å². The van der Waals surface area contributed by atoms with Crippen molar-refractivity contribution < 1.29 is 9.18 Å². The molecule has 0 bridgehead atoms. The minimum Gasteiger partial charge on any atom is -0.289 e.